The number of amides is 1. The minimum atomic E-state index is -0.705. The molecule has 5 heteroatoms. The summed E-state index contributed by atoms with van der Waals surface area (Å²) in [6, 6.07) is 12.9. The van der Waals surface area contributed by atoms with Gasteiger partial charge in [0.1, 0.15) is 5.82 Å². The van der Waals surface area contributed by atoms with Gasteiger partial charge < -0.3 is 9.64 Å². The molecular formula is C18H16FNO3. The first kappa shape index (κ1) is 15.2. The lowest BCUT2D eigenvalue weighted by Gasteiger charge is -2.29. The van der Waals surface area contributed by atoms with Crippen LogP contribution >= 0.6 is 0 Å². The Labute approximate surface area is 133 Å². The van der Waals surface area contributed by atoms with Crippen LogP contribution in [0.5, 0.6) is 0 Å². The van der Waals surface area contributed by atoms with E-state index in [-0.39, 0.29) is 18.1 Å². The van der Waals surface area contributed by atoms with Crippen LogP contribution in [-0.2, 0) is 16.0 Å². The predicted octanol–water partition coefficient (Wildman–Crippen LogP) is 2.96. The maximum atomic E-state index is 13.1. The lowest BCUT2D eigenvalue weighted by molar-refractivity contribution is -0.121. The largest absolute Gasteiger partial charge is 0.452 e. The number of benzene rings is 2. The van der Waals surface area contributed by atoms with Gasteiger partial charge in [0, 0.05) is 12.2 Å². The van der Waals surface area contributed by atoms with Gasteiger partial charge in [0.15, 0.2) is 6.61 Å². The molecule has 2 aromatic rings. The van der Waals surface area contributed by atoms with Gasteiger partial charge in [-0.05, 0) is 42.7 Å². The van der Waals surface area contributed by atoms with Crippen LogP contribution in [0.1, 0.15) is 22.3 Å². The third-order valence-electron chi connectivity index (χ3n) is 3.80. The van der Waals surface area contributed by atoms with Crippen molar-refractivity contribution in [1.29, 1.82) is 0 Å². The minimum absolute atomic E-state index is 0.0943. The molecule has 1 heterocycles. The monoisotopic (exact) mass is 313 g/mol. The van der Waals surface area contributed by atoms with Gasteiger partial charge in [0.2, 0.25) is 0 Å². The second-order valence-electron chi connectivity index (χ2n) is 5.36. The van der Waals surface area contributed by atoms with E-state index < -0.39 is 11.8 Å². The Bertz CT molecular complexity index is 745. The lowest BCUT2D eigenvalue weighted by atomic mass is 10.0. The number of halogens is 1. The van der Waals surface area contributed by atoms with Gasteiger partial charge in [-0.15, -0.1) is 0 Å². The highest BCUT2D eigenvalue weighted by atomic mass is 19.1. The zero-order chi connectivity index (χ0) is 16.2. The van der Waals surface area contributed by atoms with Crippen LogP contribution in [0.3, 0.4) is 0 Å². The van der Waals surface area contributed by atoms with Crippen molar-refractivity contribution in [2.75, 3.05) is 18.1 Å². The van der Waals surface area contributed by atoms with Crippen molar-refractivity contribution in [1.82, 2.24) is 0 Å². The van der Waals surface area contributed by atoms with Crippen LogP contribution in [0.15, 0.2) is 48.5 Å². The zero-order valence-corrected chi connectivity index (χ0v) is 12.5. The molecule has 0 bridgehead atoms. The standard InChI is InChI=1S/C18H16FNO3/c19-15-8-3-6-14(11-15)18(22)23-12-17(21)20-10-4-7-13-5-1-2-9-16(13)20/h1-3,5-6,8-9,11H,4,7,10,12H2. The van der Waals surface area contributed by atoms with E-state index >= 15 is 0 Å². The molecule has 1 aliphatic rings. The second-order valence-corrected chi connectivity index (χ2v) is 5.36. The smallest absolute Gasteiger partial charge is 0.338 e. The normalized spacial score (nSPS) is 13.3. The van der Waals surface area contributed by atoms with Crippen molar-refractivity contribution in [3.63, 3.8) is 0 Å². The van der Waals surface area contributed by atoms with Crippen molar-refractivity contribution in [2.45, 2.75) is 12.8 Å². The number of para-hydroxylation sites is 1. The molecule has 4 nitrogen and oxygen atoms in total. The molecule has 3 rings (SSSR count). The predicted molar refractivity (Wildman–Crippen MR) is 83.8 cm³/mol. The molecule has 0 aliphatic carbocycles. The van der Waals surface area contributed by atoms with E-state index in [2.05, 4.69) is 0 Å². The van der Waals surface area contributed by atoms with Crippen molar-refractivity contribution < 1.29 is 18.7 Å². The first-order chi connectivity index (χ1) is 11.1. The van der Waals surface area contributed by atoms with E-state index in [1.54, 1.807) is 4.90 Å². The third kappa shape index (κ3) is 3.39. The Hall–Kier alpha value is -2.69. The summed E-state index contributed by atoms with van der Waals surface area (Å²) in [5.74, 6) is -1.50. The van der Waals surface area contributed by atoms with Crippen molar-refractivity contribution in [3.05, 3.63) is 65.5 Å². The van der Waals surface area contributed by atoms with Gasteiger partial charge in [0.25, 0.3) is 5.91 Å². The molecule has 2 aromatic carbocycles. The molecule has 0 radical (unpaired) electrons. The number of carbonyl (C=O) groups excluding carboxylic acids is 2. The van der Waals surface area contributed by atoms with E-state index in [1.807, 2.05) is 24.3 Å². The second kappa shape index (κ2) is 6.60. The summed E-state index contributed by atoms with van der Waals surface area (Å²) in [5.41, 5.74) is 2.07. The van der Waals surface area contributed by atoms with Crippen molar-refractivity contribution in [2.24, 2.45) is 0 Å². The van der Waals surface area contributed by atoms with Gasteiger partial charge in [-0.2, -0.15) is 0 Å². The molecule has 0 fully saturated rings. The van der Waals surface area contributed by atoms with Crippen LogP contribution < -0.4 is 4.90 Å². The number of rotatable bonds is 3. The number of ether oxygens (including phenoxy) is 1. The maximum absolute atomic E-state index is 13.1. The summed E-state index contributed by atoms with van der Waals surface area (Å²) in [6.45, 7) is 0.247. The molecule has 118 valence electrons. The van der Waals surface area contributed by atoms with Gasteiger partial charge in [-0.25, -0.2) is 9.18 Å². The van der Waals surface area contributed by atoms with E-state index in [9.17, 15) is 14.0 Å². The summed E-state index contributed by atoms with van der Waals surface area (Å²) < 4.78 is 18.1. The first-order valence-electron chi connectivity index (χ1n) is 7.46. The molecule has 1 aliphatic heterocycles. The molecule has 0 atom stereocenters. The Kier molecular flexibility index (Phi) is 4.37. The number of fused-ring (bicyclic) bond motifs is 1. The maximum Gasteiger partial charge on any atom is 0.338 e. The molecule has 0 saturated carbocycles. The quantitative estimate of drug-likeness (QED) is 0.819. The molecule has 0 N–H and O–H groups in total. The van der Waals surface area contributed by atoms with E-state index in [0.29, 0.717) is 6.54 Å². The lowest BCUT2D eigenvalue weighted by Crippen LogP contribution is -2.38. The fourth-order valence-corrected chi connectivity index (χ4v) is 2.70. The summed E-state index contributed by atoms with van der Waals surface area (Å²) in [6.07, 6.45) is 1.81. The van der Waals surface area contributed by atoms with Crippen LogP contribution in [0.4, 0.5) is 10.1 Å². The topological polar surface area (TPSA) is 46.6 Å². The van der Waals surface area contributed by atoms with Gasteiger partial charge in [-0.3, -0.25) is 4.79 Å². The number of hydrogen-bond acceptors (Lipinski definition) is 3. The number of esters is 1. The number of aryl methyl sites for hydroxylation is 1. The van der Waals surface area contributed by atoms with Gasteiger partial charge >= 0.3 is 5.97 Å². The fourth-order valence-electron chi connectivity index (χ4n) is 2.70. The Morgan fingerprint density at radius 3 is 2.78 bits per heavy atom. The molecule has 23 heavy (non-hydrogen) atoms. The Balaban J connectivity index is 1.65. The molecule has 0 unspecified atom stereocenters. The van der Waals surface area contributed by atoms with Crippen LogP contribution in [0.25, 0.3) is 0 Å². The minimum Gasteiger partial charge on any atom is -0.452 e. The number of carbonyl (C=O) groups is 2. The Morgan fingerprint density at radius 2 is 1.96 bits per heavy atom. The molecule has 0 aromatic heterocycles. The highest BCUT2D eigenvalue weighted by molar-refractivity contribution is 5.97. The average Bonchev–Trinajstić information content (AvgIpc) is 2.59. The molecule has 1 amide bonds. The molecule has 0 saturated heterocycles. The van der Waals surface area contributed by atoms with Gasteiger partial charge in [-0.1, -0.05) is 24.3 Å². The van der Waals surface area contributed by atoms with E-state index in [0.717, 1.165) is 30.2 Å². The third-order valence-corrected chi connectivity index (χ3v) is 3.80. The van der Waals surface area contributed by atoms with Crippen LogP contribution in [-0.4, -0.2) is 25.0 Å². The van der Waals surface area contributed by atoms with E-state index in [4.69, 9.17) is 4.74 Å². The fraction of sp³-hybridized carbons (Fsp3) is 0.222. The van der Waals surface area contributed by atoms with Crippen molar-refractivity contribution in [3.8, 4) is 0 Å². The van der Waals surface area contributed by atoms with Crippen LogP contribution in [0.2, 0.25) is 0 Å². The summed E-state index contributed by atoms with van der Waals surface area (Å²) >= 11 is 0. The zero-order valence-electron chi connectivity index (χ0n) is 12.5. The average molecular weight is 313 g/mol. The summed E-state index contributed by atoms with van der Waals surface area (Å²) in [5, 5.41) is 0. The summed E-state index contributed by atoms with van der Waals surface area (Å²) in [4.78, 5) is 25.8. The number of hydrogen-bond donors (Lipinski definition) is 0. The van der Waals surface area contributed by atoms with Crippen molar-refractivity contribution >= 4 is 17.6 Å². The highest BCUT2D eigenvalue weighted by Gasteiger charge is 2.23. The van der Waals surface area contributed by atoms with Gasteiger partial charge in [0.05, 0.1) is 5.56 Å². The molecular weight excluding hydrogens is 297 g/mol. The van der Waals surface area contributed by atoms with Crippen LogP contribution in [0, 0.1) is 5.82 Å². The Morgan fingerprint density at radius 1 is 1.13 bits per heavy atom. The molecule has 0 spiro atoms. The first-order valence-corrected chi connectivity index (χ1v) is 7.46. The highest BCUT2D eigenvalue weighted by Crippen LogP contribution is 2.26. The summed E-state index contributed by atoms with van der Waals surface area (Å²) in [7, 11) is 0. The van der Waals surface area contributed by atoms with E-state index in [1.165, 1.54) is 18.2 Å². The number of anilines is 1. The number of nitrogens with zero attached hydrogens (tertiary/aromatic N) is 1. The SMILES string of the molecule is O=C(OCC(=O)N1CCCc2ccccc21)c1cccc(F)c1.